The van der Waals surface area contributed by atoms with E-state index in [1.807, 2.05) is 7.05 Å². The topological polar surface area (TPSA) is 122 Å². The van der Waals surface area contributed by atoms with Crippen LogP contribution in [-0.2, 0) is 26.2 Å². The number of nitrogens with zero attached hydrogens (tertiary/aromatic N) is 1. The molecule has 144 valence electrons. The predicted octanol–water partition coefficient (Wildman–Crippen LogP) is -0.0608. The molecule has 1 aromatic carbocycles. The number of likely N-dealkylation sites (tertiary alicyclic amines) is 1. The van der Waals surface area contributed by atoms with Gasteiger partial charge in [-0.05, 0) is 37.6 Å². The summed E-state index contributed by atoms with van der Waals surface area (Å²) in [5.41, 5.74) is 0.800. The van der Waals surface area contributed by atoms with Gasteiger partial charge in [-0.25, -0.2) is 13.6 Å². The number of hydrogen-bond donors (Lipinski definition) is 3. The number of amides is 2. The molecule has 0 aliphatic carbocycles. The van der Waals surface area contributed by atoms with Crippen LogP contribution in [0.3, 0.4) is 0 Å². The minimum absolute atomic E-state index is 0.0466. The number of sulfonamides is 1. The van der Waals surface area contributed by atoms with Crippen LogP contribution in [0.1, 0.15) is 31.7 Å². The molecule has 0 saturated carbocycles. The molecule has 1 saturated heterocycles. The Morgan fingerprint density at radius 3 is 2.35 bits per heavy atom. The Hall–Kier alpha value is -1.97. The Morgan fingerprint density at radius 2 is 1.77 bits per heavy atom. The van der Waals surface area contributed by atoms with E-state index in [2.05, 4.69) is 15.5 Å². The van der Waals surface area contributed by atoms with Gasteiger partial charge in [0.15, 0.2) is 0 Å². The zero-order valence-corrected chi connectivity index (χ0v) is 15.9. The highest BCUT2D eigenvalue weighted by atomic mass is 32.2. The number of likely N-dealkylation sites (N-methyl/N-ethyl adjacent to an activating group) is 1. The molecule has 0 radical (unpaired) electrons. The second-order valence-corrected chi connectivity index (χ2v) is 8.22. The van der Waals surface area contributed by atoms with Gasteiger partial charge in [-0.15, -0.1) is 0 Å². The lowest BCUT2D eigenvalue weighted by Crippen LogP contribution is -2.41. The molecular weight excluding hydrogens is 356 g/mol. The smallest absolute Gasteiger partial charge is 0.238 e. The van der Waals surface area contributed by atoms with Crippen molar-refractivity contribution < 1.29 is 18.0 Å². The average molecular weight is 382 g/mol. The van der Waals surface area contributed by atoms with Gasteiger partial charge >= 0.3 is 0 Å². The van der Waals surface area contributed by atoms with Crippen molar-refractivity contribution >= 4 is 21.8 Å². The predicted molar refractivity (Wildman–Crippen MR) is 97.5 cm³/mol. The molecule has 8 nitrogen and oxygen atoms in total. The van der Waals surface area contributed by atoms with Crippen molar-refractivity contribution in [3.05, 3.63) is 29.8 Å². The molecule has 0 aromatic heterocycles. The maximum atomic E-state index is 12.2. The molecule has 1 heterocycles. The summed E-state index contributed by atoms with van der Waals surface area (Å²) in [6.45, 7) is 2.42. The lowest BCUT2D eigenvalue weighted by molar-refractivity contribution is -0.122. The summed E-state index contributed by atoms with van der Waals surface area (Å²) in [5, 5.41) is 10.7. The molecule has 1 aliphatic rings. The van der Waals surface area contributed by atoms with E-state index < -0.39 is 10.0 Å². The van der Waals surface area contributed by atoms with Crippen molar-refractivity contribution in [1.82, 2.24) is 15.5 Å². The van der Waals surface area contributed by atoms with Crippen LogP contribution in [0.4, 0.5) is 0 Å². The Labute approximate surface area is 154 Å². The quantitative estimate of drug-likeness (QED) is 0.610. The first kappa shape index (κ1) is 20.3. The van der Waals surface area contributed by atoms with Gasteiger partial charge in [0.05, 0.1) is 4.90 Å². The fraction of sp³-hybridized carbons (Fsp3) is 0.529. The number of nitrogens with one attached hydrogen (secondary N) is 2. The molecule has 1 aromatic rings. The maximum Gasteiger partial charge on any atom is 0.238 e. The zero-order chi connectivity index (χ0) is 19.3. The van der Waals surface area contributed by atoms with Gasteiger partial charge in [0, 0.05) is 38.5 Å². The van der Waals surface area contributed by atoms with E-state index in [0.717, 1.165) is 18.4 Å². The fourth-order valence-corrected chi connectivity index (χ4v) is 3.64. The molecular formula is C17H26N4O4S. The van der Waals surface area contributed by atoms with E-state index in [-0.39, 0.29) is 28.8 Å². The summed E-state index contributed by atoms with van der Waals surface area (Å²) in [6, 6.07) is 6.51. The van der Waals surface area contributed by atoms with Crippen LogP contribution in [-0.4, -0.2) is 50.8 Å². The van der Waals surface area contributed by atoms with E-state index in [1.165, 1.54) is 19.1 Å². The van der Waals surface area contributed by atoms with E-state index in [4.69, 9.17) is 5.14 Å². The van der Waals surface area contributed by atoms with Gasteiger partial charge in [-0.3, -0.25) is 14.5 Å². The Kier molecular flexibility index (Phi) is 6.74. The number of rotatable bonds is 7. The van der Waals surface area contributed by atoms with Crippen molar-refractivity contribution in [3.63, 3.8) is 0 Å². The van der Waals surface area contributed by atoms with Crippen LogP contribution < -0.4 is 15.8 Å². The molecule has 1 aliphatic heterocycles. The molecule has 9 heteroatoms. The Balaban J connectivity index is 1.79. The summed E-state index contributed by atoms with van der Waals surface area (Å²) < 4.78 is 22.4. The highest BCUT2D eigenvalue weighted by Gasteiger charge is 2.31. The third kappa shape index (κ3) is 5.79. The van der Waals surface area contributed by atoms with E-state index in [1.54, 1.807) is 12.1 Å². The normalized spacial score (nSPS) is 20.7. The fourth-order valence-electron chi connectivity index (χ4n) is 3.13. The van der Waals surface area contributed by atoms with Crippen LogP contribution in [0, 0.1) is 0 Å². The molecule has 2 atom stereocenters. The molecule has 1 fully saturated rings. The van der Waals surface area contributed by atoms with Crippen molar-refractivity contribution in [3.8, 4) is 0 Å². The second-order valence-electron chi connectivity index (χ2n) is 6.66. The third-order valence-corrected chi connectivity index (χ3v) is 5.66. The number of nitrogens with two attached hydrogens (primary N) is 1. The molecule has 26 heavy (non-hydrogen) atoms. The lowest BCUT2D eigenvalue weighted by Gasteiger charge is -2.25. The van der Waals surface area contributed by atoms with E-state index in [9.17, 15) is 18.0 Å². The van der Waals surface area contributed by atoms with Gasteiger partial charge in [-0.1, -0.05) is 12.1 Å². The monoisotopic (exact) mass is 382 g/mol. The third-order valence-electron chi connectivity index (χ3n) is 4.73. The number of carbonyl (C=O) groups excluding carboxylic acids is 2. The van der Waals surface area contributed by atoms with Crippen molar-refractivity contribution in [2.45, 2.75) is 49.7 Å². The summed E-state index contributed by atoms with van der Waals surface area (Å²) in [4.78, 5) is 25.4. The first-order valence-electron chi connectivity index (χ1n) is 8.51. The van der Waals surface area contributed by atoms with Gasteiger partial charge < -0.3 is 10.6 Å². The zero-order valence-electron chi connectivity index (χ0n) is 15.1. The van der Waals surface area contributed by atoms with Crippen LogP contribution in [0.15, 0.2) is 29.2 Å². The number of benzene rings is 1. The first-order chi connectivity index (χ1) is 12.2. The van der Waals surface area contributed by atoms with Crippen molar-refractivity contribution in [2.75, 3.05) is 13.6 Å². The molecule has 4 N–H and O–H groups in total. The van der Waals surface area contributed by atoms with E-state index >= 15 is 0 Å². The summed E-state index contributed by atoms with van der Waals surface area (Å²) in [5.74, 6) is -0.106. The standard InChI is InChI=1S/C17H26N4O4S/c1-12(22)19-11-15-6-5-14(21(15)2)9-17(23)20-10-13-3-7-16(8-4-13)26(18,24)25/h3-4,7-8,14-15H,5-6,9-11H2,1-2H3,(H,19,22)(H,20,23)(H2,18,24,25)/t14-,15+/m0/s1. The number of primary sulfonamides is 1. The number of hydrogen-bond acceptors (Lipinski definition) is 5. The van der Waals surface area contributed by atoms with Gasteiger partial charge in [0.2, 0.25) is 21.8 Å². The summed E-state index contributed by atoms with van der Waals surface area (Å²) in [7, 11) is -1.73. The highest BCUT2D eigenvalue weighted by molar-refractivity contribution is 7.89. The molecule has 2 rings (SSSR count). The minimum atomic E-state index is -3.71. The summed E-state index contributed by atoms with van der Waals surface area (Å²) >= 11 is 0. The van der Waals surface area contributed by atoms with Crippen molar-refractivity contribution in [2.24, 2.45) is 5.14 Å². The van der Waals surface area contributed by atoms with Gasteiger partial charge in [0.1, 0.15) is 0 Å². The van der Waals surface area contributed by atoms with Crippen molar-refractivity contribution in [1.29, 1.82) is 0 Å². The molecule has 0 spiro atoms. The van der Waals surface area contributed by atoms with Gasteiger partial charge in [-0.2, -0.15) is 0 Å². The highest BCUT2D eigenvalue weighted by Crippen LogP contribution is 2.24. The van der Waals surface area contributed by atoms with Crippen LogP contribution >= 0.6 is 0 Å². The number of carbonyl (C=O) groups is 2. The summed E-state index contributed by atoms with van der Waals surface area (Å²) in [6.07, 6.45) is 2.25. The Morgan fingerprint density at radius 1 is 1.15 bits per heavy atom. The molecule has 0 bridgehead atoms. The first-order valence-corrected chi connectivity index (χ1v) is 10.1. The lowest BCUT2D eigenvalue weighted by atomic mass is 10.1. The van der Waals surface area contributed by atoms with Crippen LogP contribution in [0.25, 0.3) is 0 Å². The van der Waals surface area contributed by atoms with Crippen LogP contribution in [0.5, 0.6) is 0 Å². The SMILES string of the molecule is CC(=O)NC[C@H]1CC[C@@H](CC(=O)NCc2ccc(S(N)(=O)=O)cc2)N1C. The van der Waals surface area contributed by atoms with E-state index in [0.29, 0.717) is 19.5 Å². The second kappa shape index (κ2) is 8.61. The molecule has 0 unspecified atom stereocenters. The van der Waals surface area contributed by atoms with Gasteiger partial charge in [0.25, 0.3) is 0 Å². The minimum Gasteiger partial charge on any atom is -0.355 e. The Bertz CT molecular complexity index is 749. The largest absolute Gasteiger partial charge is 0.355 e. The molecule has 2 amide bonds. The maximum absolute atomic E-state index is 12.2. The average Bonchev–Trinajstić information content (AvgIpc) is 2.91. The van der Waals surface area contributed by atoms with Crippen LogP contribution in [0.2, 0.25) is 0 Å².